The maximum Gasteiger partial charge on any atom is 0.211 e. The fourth-order valence-corrected chi connectivity index (χ4v) is 4.68. The lowest BCUT2D eigenvalue weighted by Gasteiger charge is -2.31. The van der Waals surface area contributed by atoms with Gasteiger partial charge in [0.15, 0.2) is 0 Å². The number of hydrazine groups is 1. The average molecular weight is 313 g/mol. The Morgan fingerprint density at radius 1 is 1.33 bits per heavy atom. The van der Waals surface area contributed by atoms with Crippen LogP contribution in [0.25, 0.3) is 0 Å². The first kappa shape index (κ1) is 14.9. The molecule has 0 amide bonds. The van der Waals surface area contributed by atoms with Gasteiger partial charge in [0.05, 0.1) is 6.26 Å². The largest absolute Gasteiger partial charge is 0.257 e. The summed E-state index contributed by atoms with van der Waals surface area (Å²) in [6, 6.07) is 6.48. The molecule has 0 spiro atoms. The molecule has 0 aromatic heterocycles. The number of halogens is 1. The molecule has 2 aliphatic heterocycles. The Balaban J connectivity index is 1.89. The minimum atomic E-state index is -3.23. The second-order valence-electron chi connectivity index (χ2n) is 5.76. The number of hydrogen-bond donors (Lipinski definition) is 2. The van der Waals surface area contributed by atoms with Crippen LogP contribution in [-0.4, -0.2) is 44.2 Å². The van der Waals surface area contributed by atoms with Crippen molar-refractivity contribution in [2.24, 2.45) is 0 Å². The zero-order chi connectivity index (χ0) is 15.0. The van der Waals surface area contributed by atoms with Crippen molar-refractivity contribution in [1.82, 2.24) is 15.2 Å². The van der Waals surface area contributed by atoms with Gasteiger partial charge < -0.3 is 0 Å². The molecule has 2 aliphatic rings. The molecule has 2 heterocycles. The fourth-order valence-electron chi connectivity index (χ4n) is 3.49. The first-order chi connectivity index (χ1) is 9.98. The monoisotopic (exact) mass is 313 g/mol. The van der Waals surface area contributed by atoms with Crippen molar-refractivity contribution in [2.45, 2.75) is 30.8 Å². The van der Waals surface area contributed by atoms with E-state index in [0.29, 0.717) is 18.7 Å². The van der Waals surface area contributed by atoms with Crippen LogP contribution in [0.15, 0.2) is 24.3 Å². The van der Waals surface area contributed by atoms with E-state index < -0.39 is 10.0 Å². The molecule has 1 aromatic rings. The molecule has 116 valence electrons. The highest BCUT2D eigenvalue weighted by Gasteiger charge is 2.43. The highest BCUT2D eigenvalue weighted by molar-refractivity contribution is 7.88. The van der Waals surface area contributed by atoms with Crippen LogP contribution >= 0.6 is 0 Å². The molecule has 2 N–H and O–H groups in total. The van der Waals surface area contributed by atoms with Gasteiger partial charge in [-0.15, -0.1) is 0 Å². The van der Waals surface area contributed by atoms with Crippen LogP contribution in [0.1, 0.15) is 24.3 Å². The van der Waals surface area contributed by atoms with Crippen molar-refractivity contribution in [1.29, 1.82) is 0 Å². The molecule has 5 nitrogen and oxygen atoms in total. The van der Waals surface area contributed by atoms with Gasteiger partial charge in [-0.1, -0.05) is 18.2 Å². The van der Waals surface area contributed by atoms with E-state index in [9.17, 15) is 12.8 Å². The lowest BCUT2D eigenvalue weighted by molar-refractivity contribution is 0.302. The summed E-state index contributed by atoms with van der Waals surface area (Å²) < 4.78 is 39.4. The van der Waals surface area contributed by atoms with Crippen LogP contribution in [-0.2, 0) is 10.0 Å². The predicted molar refractivity (Wildman–Crippen MR) is 78.6 cm³/mol. The normalized spacial score (nSPS) is 30.9. The highest BCUT2D eigenvalue weighted by atomic mass is 32.2. The first-order valence-corrected chi connectivity index (χ1v) is 9.03. The lowest BCUT2D eigenvalue weighted by atomic mass is 9.88. The van der Waals surface area contributed by atoms with E-state index in [0.717, 1.165) is 12.8 Å². The van der Waals surface area contributed by atoms with Gasteiger partial charge in [-0.05, 0) is 24.5 Å². The summed E-state index contributed by atoms with van der Waals surface area (Å²) in [6.07, 6.45) is 2.89. The van der Waals surface area contributed by atoms with Gasteiger partial charge in [-0.25, -0.2) is 12.8 Å². The molecule has 1 aromatic carbocycles. The zero-order valence-corrected chi connectivity index (χ0v) is 12.7. The molecule has 3 atom stereocenters. The quantitative estimate of drug-likeness (QED) is 0.867. The minimum Gasteiger partial charge on any atom is -0.257 e. The third-order valence-electron chi connectivity index (χ3n) is 4.42. The Morgan fingerprint density at radius 3 is 2.81 bits per heavy atom. The topological polar surface area (TPSA) is 61.4 Å². The minimum absolute atomic E-state index is 0.0708. The standard InChI is InChI=1S/C14H20FN3O2S/c1-21(19,20)18-8-4-7-13(18)14-11(9-16-17-14)10-5-2-3-6-12(10)15/h2-3,5-6,11,13-14,16-17H,4,7-9H2,1H3. The second kappa shape index (κ2) is 5.64. The van der Waals surface area contributed by atoms with Crippen LogP contribution in [0.4, 0.5) is 4.39 Å². The number of nitrogens with zero attached hydrogens (tertiary/aromatic N) is 1. The molecule has 7 heteroatoms. The van der Waals surface area contributed by atoms with E-state index in [2.05, 4.69) is 10.9 Å². The van der Waals surface area contributed by atoms with Gasteiger partial charge in [-0.3, -0.25) is 10.9 Å². The Labute approximate surface area is 124 Å². The maximum atomic E-state index is 14.0. The van der Waals surface area contributed by atoms with Gasteiger partial charge in [0.1, 0.15) is 5.82 Å². The van der Waals surface area contributed by atoms with Crippen LogP contribution in [0.2, 0.25) is 0 Å². The molecule has 0 bridgehead atoms. The summed E-state index contributed by atoms with van der Waals surface area (Å²) in [7, 11) is -3.23. The maximum absolute atomic E-state index is 14.0. The molecule has 3 rings (SSSR count). The predicted octanol–water partition coefficient (Wildman–Crippen LogP) is 0.810. The van der Waals surface area contributed by atoms with Crippen LogP contribution in [0, 0.1) is 5.82 Å². The average Bonchev–Trinajstić information content (AvgIpc) is 3.06. The van der Waals surface area contributed by atoms with Crippen molar-refractivity contribution in [3.05, 3.63) is 35.6 Å². The van der Waals surface area contributed by atoms with Gasteiger partial charge >= 0.3 is 0 Å². The van der Waals surface area contributed by atoms with E-state index in [4.69, 9.17) is 0 Å². The summed E-state index contributed by atoms with van der Waals surface area (Å²) >= 11 is 0. The van der Waals surface area contributed by atoms with Gasteiger partial charge in [0.25, 0.3) is 0 Å². The molecule has 21 heavy (non-hydrogen) atoms. The lowest BCUT2D eigenvalue weighted by Crippen LogP contribution is -2.49. The van der Waals surface area contributed by atoms with E-state index in [1.54, 1.807) is 16.4 Å². The van der Waals surface area contributed by atoms with Crippen LogP contribution in [0.3, 0.4) is 0 Å². The number of hydrogen-bond acceptors (Lipinski definition) is 4. The van der Waals surface area contributed by atoms with Crippen molar-refractivity contribution in [2.75, 3.05) is 19.3 Å². The van der Waals surface area contributed by atoms with Gasteiger partial charge in [0, 0.05) is 31.1 Å². The Morgan fingerprint density at radius 2 is 2.10 bits per heavy atom. The summed E-state index contributed by atoms with van der Waals surface area (Å²) in [5, 5.41) is 0. The van der Waals surface area contributed by atoms with Crippen LogP contribution in [0.5, 0.6) is 0 Å². The molecule has 2 saturated heterocycles. The number of nitrogens with one attached hydrogen (secondary N) is 2. The van der Waals surface area contributed by atoms with E-state index >= 15 is 0 Å². The van der Waals surface area contributed by atoms with E-state index in [1.165, 1.54) is 12.3 Å². The molecular weight excluding hydrogens is 293 g/mol. The third-order valence-corrected chi connectivity index (χ3v) is 5.72. The van der Waals surface area contributed by atoms with Crippen molar-refractivity contribution >= 4 is 10.0 Å². The molecule has 2 fully saturated rings. The summed E-state index contributed by atoms with van der Waals surface area (Å²) in [4.78, 5) is 0. The summed E-state index contributed by atoms with van der Waals surface area (Å²) in [5.41, 5.74) is 6.85. The number of sulfonamides is 1. The van der Waals surface area contributed by atoms with Crippen molar-refractivity contribution < 1.29 is 12.8 Å². The molecule has 0 aliphatic carbocycles. The Kier molecular flexibility index (Phi) is 4.00. The Hall–Kier alpha value is -1.02. The van der Waals surface area contributed by atoms with E-state index in [1.807, 2.05) is 6.07 Å². The first-order valence-electron chi connectivity index (χ1n) is 7.18. The van der Waals surface area contributed by atoms with Crippen LogP contribution < -0.4 is 10.9 Å². The van der Waals surface area contributed by atoms with Gasteiger partial charge in [-0.2, -0.15) is 4.31 Å². The summed E-state index contributed by atoms with van der Waals surface area (Å²) in [6.45, 7) is 1.14. The van der Waals surface area contributed by atoms with E-state index in [-0.39, 0.29) is 23.8 Å². The third kappa shape index (κ3) is 2.83. The zero-order valence-electron chi connectivity index (χ0n) is 11.9. The number of benzene rings is 1. The molecule has 0 saturated carbocycles. The van der Waals surface area contributed by atoms with Gasteiger partial charge in [0.2, 0.25) is 10.0 Å². The SMILES string of the molecule is CS(=O)(=O)N1CCCC1C1NNCC1c1ccccc1F. The van der Waals surface area contributed by atoms with Crippen molar-refractivity contribution in [3.8, 4) is 0 Å². The fraction of sp³-hybridized carbons (Fsp3) is 0.571. The molecular formula is C14H20FN3O2S. The molecule has 0 radical (unpaired) electrons. The highest BCUT2D eigenvalue weighted by Crippen LogP contribution is 2.33. The summed E-state index contributed by atoms with van der Waals surface area (Å²) in [5.74, 6) is -0.305. The second-order valence-corrected chi connectivity index (χ2v) is 7.70. The smallest absolute Gasteiger partial charge is 0.211 e. The van der Waals surface area contributed by atoms with Crippen molar-refractivity contribution in [3.63, 3.8) is 0 Å². The Bertz CT molecular complexity index is 622. The molecule has 3 unspecified atom stereocenters. The number of rotatable bonds is 3.